The molecule has 1 saturated carbocycles. The number of nitro benzene ring substituents is 1. The van der Waals surface area contributed by atoms with Gasteiger partial charge in [0.15, 0.2) is 0 Å². The third kappa shape index (κ3) is 4.39. The average Bonchev–Trinajstić information content (AvgIpc) is 3.45. The van der Waals surface area contributed by atoms with Crippen molar-refractivity contribution in [2.24, 2.45) is 0 Å². The Kier molecular flexibility index (Phi) is 5.54. The van der Waals surface area contributed by atoms with Crippen LogP contribution in [0.5, 0.6) is 0 Å². The van der Waals surface area contributed by atoms with Crippen LogP contribution in [0.2, 0.25) is 5.02 Å². The molecule has 6 nitrogen and oxygen atoms in total. The number of nitrogens with zero attached hydrogens (tertiary/aromatic N) is 2. The monoisotopic (exact) mass is 373 g/mol. The molecule has 136 valence electrons. The second-order valence-corrected chi connectivity index (χ2v) is 6.89. The number of halogens is 1. The number of anilines is 1. The fraction of sp³-hybridized carbons (Fsp3) is 0.316. The van der Waals surface area contributed by atoms with Crippen molar-refractivity contribution in [1.82, 2.24) is 4.90 Å². The molecule has 1 aliphatic rings. The minimum absolute atomic E-state index is 0.0521. The average molecular weight is 374 g/mol. The SMILES string of the molecule is C[C@H](c1ccc(Cl)cc1)N(CC(=O)Nc1ccccc1[N+](=O)[O-])C1CC1. The Hall–Kier alpha value is -2.44. The quantitative estimate of drug-likeness (QED) is 0.576. The first-order valence-corrected chi connectivity index (χ1v) is 8.88. The summed E-state index contributed by atoms with van der Waals surface area (Å²) in [6.45, 7) is 2.24. The van der Waals surface area contributed by atoms with Gasteiger partial charge < -0.3 is 5.32 Å². The minimum Gasteiger partial charge on any atom is -0.319 e. The van der Waals surface area contributed by atoms with E-state index >= 15 is 0 Å². The summed E-state index contributed by atoms with van der Waals surface area (Å²) in [6.07, 6.45) is 2.10. The van der Waals surface area contributed by atoms with Gasteiger partial charge in [0.25, 0.3) is 5.69 Å². The summed E-state index contributed by atoms with van der Waals surface area (Å²) in [5.74, 6) is -0.257. The Balaban J connectivity index is 1.71. The number of hydrogen-bond donors (Lipinski definition) is 1. The third-order valence-corrected chi connectivity index (χ3v) is 4.82. The number of nitrogens with one attached hydrogen (secondary N) is 1. The number of benzene rings is 2. The predicted octanol–water partition coefficient (Wildman–Crippen LogP) is 4.41. The van der Waals surface area contributed by atoms with Gasteiger partial charge in [-0.1, -0.05) is 35.9 Å². The van der Waals surface area contributed by atoms with Crippen LogP contribution >= 0.6 is 11.6 Å². The van der Waals surface area contributed by atoms with E-state index in [9.17, 15) is 14.9 Å². The predicted molar refractivity (Wildman–Crippen MR) is 101 cm³/mol. The molecule has 1 amide bonds. The largest absolute Gasteiger partial charge is 0.319 e. The van der Waals surface area contributed by atoms with Gasteiger partial charge in [-0.2, -0.15) is 0 Å². The minimum atomic E-state index is -0.495. The lowest BCUT2D eigenvalue weighted by Gasteiger charge is -2.29. The Bertz CT molecular complexity index is 806. The van der Waals surface area contributed by atoms with E-state index in [-0.39, 0.29) is 29.9 Å². The molecule has 0 saturated heterocycles. The topological polar surface area (TPSA) is 75.5 Å². The van der Waals surface area contributed by atoms with Crippen LogP contribution in [-0.2, 0) is 4.79 Å². The van der Waals surface area contributed by atoms with E-state index in [1.165, 1.54) is 6.07 Å². The molecule has 0 unspecified atom stereocenters. The van der Waals surface area contributed by atoms with Crippen LogP contribution in [0.1, 0.15) is 31.4 Å². The van der Waals surface area contributed by atoms with E-state index in [4.69, 9.17) is 11.6 Å². The zero-order chi connectivity index (χ0) is 18.7. The molecule has 26 heavy (non-hydrogen) atoms. The molecular formula is C19H20ClN3O3. The molecule has 3 rings (SSSR count). The fourth-order valence-electron chi connectivity index (χ4n) is 3.02. The molecule has 0 heterocycles. The smallest absolute Gasteiger partial charge is 0.292 e. The maximum atomic E-state index is 12.5. The number of amides is 1. The standard InChI is InChI=1S/C19H20ClN3O3/c1-13(14-6-8-15(20)9-7-14)22(16-10-11-16)12-19(24)21-17-4-2-3-5-18(17)23(25)26/h2-9,13,16H,10-12H2,1H3,(H,21,24)/t13-/m1/s1. The number of carbonyl (C=O) groups excluding carboxylic acids is 1. The Morgan fingerprint density at radius 1 is 1.27 bits per heavy atom. The number of para-hydroxylation sites is 2. The molecule has 0 spiro atoms. The van der Waals surface area contributed by atoms with E-state index in [0.717, 1.165) is 18.4 Å². The Morgan fingerprint density at radius 2 is 1.92 bits per heavy atom. The zero-order valence-corrected chi connectivity index (χ0v) is 15.1. The first kappa shape index (κ1) is 18.4. The molecule has 0 aromatic heterocycles. The summed E-state index contributed by atoms with van der Waals surface area (Å²) in [5.41, 5.74) is 1.20. The maximum Gasteiger partial charge on any atom is 0.292 e. The zero-order valence-electron chi connectivity index (χ0n) is 14.4. The van der Waals surface area contributed by atoms with Gasteiger partial charge in [0.1, 0.15) is 5.69 Å². The van der Waals surface area contributed by atoms with Gasteiger partial charge in [-0.3, -0.25) is 19.8 Å². The number of carbonyl (C=O) groups is 1. The van der Waals surface area contributed by atoms with Crippen molar-refractivity contribution in [2.75, 3.05) is 11.9 Å². The van der Waals surface area contributed by atoms with Gasteiger partial charge in [-0.25, -0.2) is 0 Å². The first-order chi connectivity index (χ1) is 12.5. The van der Waals surface area contributed by atoms with Crippen molar-refractivity contribution in [3.05, 3.63) is 69.2 Å². The summed E-state index contributed by atoms with van der Waals surface area (Å²) in [4.78, 5) is 25.3. The highest BCUT2D eigenvalue weighted by Gasteiger charge is 2.34. The van der Waals surface area contributed by atoms with Gasteiger partial charge in [-0.05, 0) is 43.5 Å². The van der Waals surface area contributed by atoms with E-state index in [2.05, 4.69) is 17.1 Å². The van der Waals surface area contributed by atoms with Gasteiger partial charge in [0, 0.05) is 23.2 Å². The van der Waals surface area contributed by atoms with Crippen molar-refractivity contribution in [3.63, 3.8) is 0 Å². The molecule has 1 fully saturated rings. The summed E-state index contributed by atoms with van der Waals surface area (Å²) >= 11 is 5.95. The van der Waals surface area contributed by atoms with Crippen LogP contribution in [0.4, 0.5) is 11.4 Å². The van der Waals surface area contributed by atoms with E-state index in [1.807, 2.05) is 24.3 Å². The Labute approximate surface area is 156 Å². The van der Waals surface area contributed by atoms with Crippen LogP contribution in [0.15, 0.2) is 48.5 Å². The highest BCUT2D eigenvalue weighted by Crippen LogP contribution is 2.34. The molecule has 1 N–H and O–H groups in total. The van der Waals surface area contributed by atoms with Gasteiger partial charge in [-0.15, -0.1) is 0 Å². The van der Waals surface area contributed by atoms with Gasteiger partial charge in [0.05, 0.1) is 11.5 Å². The normalized spacial score (nSPS) is 14.9. The highest BCUT2D eigenvalue weighted by atomic mass is 35.5. The number of rotatable bonds is 7. The second-order valence-electron chi connectivity index (χ2n) is 6.45. The highest BCUT2D eigenvalue weighted by molar-refractivity contribution is 6.30. The van der Waals surface area contributed by atoms with Crippen LogP contribution in [0, 0.1) is 10.1 Å². The molecule has 2 aromatic carbocycles. The number of nitro groups is 1. The van der Waals surface area contributed by atoms with Crippen molar-refractivity contribution in [3.8, 4) is 0 Å². The lowest BCUT2D eigenvalue weighted by molar-refractivity contribution is -0.383. The first-order valence-electron chi connectivity index (χ1n) is 8.50. The summed E-state index contributed by atoms with van der Waals surface area (Å²) in [6, 6.07) is 14.2. The van der Waals surface area contributed by atoms with Crippen LogP contribution in [0.3, 0.4) is 0 Å². The molecule has 1 atom stereocenters. The molecule has 0 bridgehead atoms. The molecule has 2 aromatic rings. The second kappa shape index (κ2) is 7.85. The van der Waals surface area contributed by atoms with Crippen LogP contribution in [-0.4, -0.2) is 28.3 Å². The molecule has 0 aliphatic heterocycles. The van der Waals surface area contributed by atoms with Crippen molar-refractivity contribution in [1.29, 1.82) is 0 Å². The summed E-state index contributed by atoms with van der Waals surface area (Å²) in [7, 11) is 0. The Morgan fingerprint density at radius 3 is 2.54 bits per heavy atom. The fourth-order valence-corrected chi connectivity index (χ4v) is 3.14. The molecule has 7 heteroatoms. The summed E-state index contributed by atoms with van der Waals surface area (Å²) < 4.78 is 0. The van der Waals surface area contributed by atoms with Crippen molar-refractivity contribution < 1.29 is 9.72 Å². The van der Waals surface area contributed by atoms with Crippen LogP contribution < -0.4 is 5.32 Å². The van der Waals surface area contributed by atoms with E-state index in [0.29, 0.717) is 11.1 Å². The van der Waals surface area contributed by atoms with Crippen molar-refractivity contribution in [2.45, 2.75) is 31.8 Å². The molecule has 1 aliphatic carbocycles. The molecular weight excluding hydrogens is 354 g/mol. The van der Waals surface area contributed by atoms with E-state index in [1.54, 1.807) is 18.2 Å². The summed E-state index contributed by atoms with van der Waals surface area (Å²) in [5, 5.41) is 14.4. The lowest BCUT2D eigenvalue weighted by Crippen LogP contribution is -2.37. The maximum absolute atomic E-state index is 12.5. The molecule has 0 radical (unpaired) electrons. The van der Waals surface area contributed by atoms with Crippen molar-refractivity contribution >= 4 is 28.9 Å². The number of hydrogen-bond acceptors (Lipinski definition) is 4. The van der Waals surface area contributed by atoms with Crippen LogP contribution in [0.25, 0.3) is 0 Å². The lowest BCUT2D eigenvalue weighted by atomic mass is 10.1. The van der Waals surface area contributed by atoms with Gasteiger partial charge in [0.2, 0.25) is 5.91 Å². The third-order valence-electron chi connectivity index (χ3n) is 4.57. The van der Waals surface area contributed by atoms with Gasteiger partial charge >= 0.3 is 0 Å². The van der Waals surface area contributed by atoms with E-state index < -0.39 is 4.92 Å².